The summed E-state index contributed by atoms with van der Waals surface area (Å²) in [5.74, 6) is -0.722. The molecule has 2 N–H and O–H groups in total. The van der Waals surface area contributed by atoms with E-state index in [1.54, 1.807) is 22.7 Å². The Kier molecular flexibility index (Phi) is 11.6. The fraction of sp³-hybridized carbons (Fsp3) is 0.261. The number of nitrogens with zero attached hydrogens (tertiary/aromatic N) is 4. The molecule has 4 atom stereocenters. The maximum atomic E-state index is 13.9. The van der Waals surface area contributed by atoms with Gasteiger partial charge in [-0.15, -0.1) is 22.7 Å². The highest BCUT2D eigenvalue weighted by atomic mass is 32.1. The molecule has 0 aliphatic carbocycles. The minimum Gasteiger partial charge on any atom is -0.341 e. The lowest BCUT2D eigenvalue weighted by Crippen LogP contribution is -2.42. The van der Waals surface area contributed by atoms with Gasteiger partial charge >= 0.3 is 0 Å². The summed E-state index contributed by atoms with van der Waals surface area (Å²) in [5, 5.41) is 7.52. The van der Waals surface area contributed by atoms with Crippen LogP contribution in [-0.4, -0.2) is 56.5 Å². The van der Waals surface area contributed by atoms with E-state index in [0.29, 0.717) is 13.1 Å². The number of amides is 4. The Bertz CT molecular complexity index is 2230. The molecule has 4 heterocycles. The van der Waals surface area contributed by atoms with Crippen LogP contribution in [-0.2, 0) is 19.2 Å². The van der Waals surface area contributed by atoms with Gasteiger partial charge < -0.3 is 20.4 Å². The molecule has 0 radical (unpaired) electrons. The van der Waals surface area contributed by atoms with Gasteiger partial charge in [0.15, 0.2) is 0 Å². The van der Waals surface area contributed by atoms with Gasteiger partial charge in [-0.05, 0) is 59.1 Å². The predicted molar refractivity (Wildman–Crippen MR) is 227 cm³/mol. The predicted octanol–water partition coefficient (Wildman–Crippen LogP) is 8.68. The third kappa shape index (κ3) is 8.34. The highest BCUT2D eigenvalue weighted by molar-refractivity contribution is 7.15. The van der Waals surface area contributed by atoms with Crippen LogP contribution in [0, 0.1) is 0 Å². The molecule has 4 aromatic carbocycles. The minimum atomic E-state index is -0.739. The zero-order chi connectivity index (χ0) is 40.2. The van der Waals surface area contributed by atoms with E-state index in [-0.39, 0.29) is 35.7 Å². The van der Waals surface area contributed by atoms with E-state index < -0.39 is 12.1 Å². The second kappa shape index (κ2) is 17.3. The van der Waals surface area contributed by atoms with E-state index >= 15 is 0 Å². The molecule has 2 aliphatic heterocycles. The van der Waals surface area contributed by atoms with Crippen molar-refractivity contribution in [2.45, 2.75) is 63.7 Å². The van der Waals surface area contributed by atoms with Crippen LogP contribution in [0.1, 0.15) is 84.8 Å². The largest absolute Gasteiger partial charge is 0.341 e. The number of nitrogens with one attached hydrogen (secondary N) is 2. The van der Waals surface area contributed by atoms with Crippen LogP contribution in [0.5, 0.6) is 0 Å². The number of aromatic nitrogens is 2. The molecular weight excluding hydrogens is 765 g/mol. The third-order valence-electron chi connectivity index (χ3n) is 10.8. The Morgan fingerprint density at radius 1 is 0.552 bits per heavy atom. The molecule has 6 aromatic rings. The number of carbonyl (C=O) groups is 4. The third-order valence-corrected chi connectivity index (χ3v) is 13.1. The first-order valence-corrected chi connectivity index (χ1v) is 21.2. The molecule has 58 heavy (non-hydrogen) atoms. The molecule has 0 saturated carbocycles. The summed E-state index contributed by atoms with van der Waals surface area (Å²) in [6.07, 6.45) is 7.18. The Morgan fingerprint density at radius 3 is 1.28 bits per heavy atom. The van der Waals surface area contributed by atoms with Crippen LogP contribution >= 0.6 is 22.7 Å². The fourth-order valence-corrected chi connectivity index (χ4v) is 10.1. The van der Waals surface area contributed by atoms with Crippen molar-refractivity contribution in [2.24, 2.45) is 0 Å². The first kappa shape index (κ1) is 38.9. The molecule has 0 spiro atoms. The Labute approximate surface area is 346 Å². The van der Waals surface area contributed by atoms with Crippen molar-refractivity contribution in [2.75, 3.05) is 13.1 Å². The van der Waals surface area contributed by atoms with E-state index in [0.717, 1.165) is 78.8 Å². The number of benzene rings is 4. The average molecular weight is 809 g/mol. The molecule has 294 valence electrons. The van der Waals surface area contributed by atoms with Gasteiger partial charge in [0.25, 0.3) is 0 Å². The summed E-state index contributed by atoms with van der Waals surface area (Å²) in [4.78, 5) is 67.2. The first-order chi connectivity index (χ1) is 28.2. The summed E-state index contributed by atoms with van der Waals surface area (Å²) in [5.41, 5.74) is 5.83. The van der Waals surface area contributed by atoms with E-state index in [4.69, 9.17) is 9.97 Å². The quantitative estimate of drug-likeness (QED) is 0.135. The van der Waals surface area contributed by atoms with Crippen molar-refractivity contribution in [3.63, 3.8) is 0 Å². The molecule has 2 fully saturated rings. The van der Waals surface area contributed by atoms with Crippen molar-refractivity contribution < 1.29 is 19.2 Å². The van der Waals surface area contributed by atoms with Gasteiger partial charge in [-0.25, -0.2) is 9.97 Å². The smallest absolute Gasteiger partial charge is 0.250 e. The van der Waals surface area contributed by atoms with Crippen molar-refractivity contribution in [3.05, 3.63) is 143 Å². The van der Waals surface area contributed by atoms with Crippen LogP contribution in [0.4, 0.5) is 0 Å². The Morgan fingerprint density at radius 2 is 0.914 bits per heavy atom. The van der Waals surface area contributed by atoms with Gasteiger partial charge in [-0.3, -0.25) is 19.2 Å². The van der Waals surface area contributed by atoms with Gasteiger partial charge in [-0.1, -0.05) is 109 Å². The number of carbonyl (C=O) groups excluding carboxylic acids is 4. The Balaban J connectivity index is 0.929. The molecular formula is C46H44N6O4S2. The van der Waals surface area contributed by atoms with Crippen molar-refractivity contribution in [1.82, 2.24) is 30.4 Å². The second-order valence-corrected chi connectivity index (χ2v) is 16.9. The molecule has 2 aromatic heterocycles. The van der Waals surface area contributed by atoms with Gasteiger partial charge in [0, 0.05) is 39.3 Å². The number of rotatable bonds is 11. The normalized spacial score (nSPS) is 17.5. The molecule has 12 heteroatoms. The van der Waals surface area contributed by atoms with Gasteiger partial charge in [0.05, 0.1) is 21.8 Å². The summed E-state index contributed by atoms with van der Waals surface area (Å²) >= 11 is 3.21. The number of likely N-dealkylation sites (tertiary alicyclic amines) is 2. The van der Waals surface area contributed by atoms with E-state index in [2.05, 4.69) is 59.2 Å². The molecule has 8 rings (SSSR count). The number of hydrogen-bond donors (Lipinski definition) is 2. The first-order valence-electron chi connectivity index (χ1n) is 19.6. The molecule has 2 aliphatic rings. The SMILES string of the molecule is CC(=O)N[C@H](C(=O)N1CCC[C@H]1c1ncc(-c2ccc(-c3ccc(-c4cnc([C@@H]5CCCN5C(=O)[C@H](NC(C)=O)c5ccccc5)s4)cc3)cc2)s1)c1ccccc1. The fourth-order valence-electron chi connectivity index (χ4n) is 7.98. The standard InChI is InChI=1S/C46H44N6O4S2/c1-29(53)49-41(35-11-5-3-6-12-35)45(55)51-25-9-15-37(51)43-47-27-39(57-43)33-21-17-31(18-22-33)32-19-23-34(24-20-32)40-28-48-44(58-40)38-16-10-26-52(38)46(56)42(50-30(2)54)36-13-7-4-8-14-36/h3-8,11-14,17-24,27-28,37-38,41-42H,9-10,15-16,25-26H2,1-2H3,(H,49,53)(H,50,54)/t37-,38-,41-,42+/m0/s1. The summed E-state index contributed by atoms with van der Waals surface area (Å²) in [6.45, 7) is 4.12. The van der Waals surface area contributed by atoms with Crippen molar-refractivity contribution in [1.29, 1.82) is 0 Å². The van der Waals surface area contributed by atoms with E-state index in [1.807, 2.05) is 82.9 Å². The lowest BCUT2D eigenvalue weighted by molar-refractivity contribution is -0.137. The Hall–Kier alpha value is -5.98. The van der Waals surface area contributed by atoms with Crippen molar-refractivity contribution >= 4 is 46.3 Å². The van der Waals surface area contributed by atoms with Crippen molar-refractivity contribution in [3.8, 4) is 32.0 Å². The van der Waals surface area contributed by atoms with E-state index in [9.17, 15) is 19.2 Å². The molecule has 10 nitrogen and oxygen atoms in total. The zero-order valence-corrected chi connectivity index (χ0v) is 34.0. The van der Waals surface area contributed by atoms with Gasteiger partial charge in [0.2, 0.25) is 23.6 Å². The summed E-state index contributed by atoms with van der Waals surface area (Å²) in [6, 6.07) is 33.9. The molecule has 0 unspecified atom stereocenters. The van der Waals surface area contributed by atoms with Crippen LogP contribution in [0.15, 0.2) is 122 Å². The van der Waals surface area contributed by atoms with Crippen LogP contribution < -0.4 is 10.6 Å². The number of thiazole rings is 2. The maximum Gasteiger partial charge on any atom is 0.250 e. The lowest BCUT2D eigenvalue weighted by atomic mass is 10.0. The van der Waals surface area contributed by atoms with Crippen LogP contribution in [0.2, 0.25) is 0 Å². The summed E-state index contributed by atoms with van der Waals surface area (Å²) < 4.78 is 0. The molecule has 0 bridgehead atoms. The number of hydrogen-bond acceptors (Lipinski definition) is 8. The average Bonchev–Trinajstić information content (AvgIpc) is 4.09. The topological polar surface area (TPSA) is 125 Å². The highest BCUT2D eigenvalue weighted by Gasteiger charge is 2.38. The van der Waals surface area contributed by atoms with E-state index in [1.165, 1.54) is 13.8 Å². The molecule has 2 saturated heterocycles. The highest BCUT2D eigenvalue weighted by Crippen LogP contribution is 2.41. The monoisotopic (exact) mass is 808 g/mol. The summed E-state index contributed by atoms with van der Waals surface area (Å²) in [7, 11) is 0. The van der Waals surface area contributed by atoms with Gasteiger partial charge in [-0.2, -0.15) is 0 Å². The minimum absolute atomic E-state index is 0.115. The maximum absolute atomic E-state index is 13.9. The van der Waals surface area contributed by atoms with Crippen LogP contribution in [0.3, 0.4) is 0 Å². The lowest BCUT2D eigenvalue weighted by Gasteiger charge is -2.28. The zero-order valence-electron chi connectivity index (χ0n) is 32.3. The van der Waals surface area contributed by atoms with Crippen LogP contribution in [0.25, 0.3) is 32.0 Å². The molecule has 4 amide bonds. The van der Waals surface area contributed by atoms with Gasteiger partial charge in [0.1, 0.15) is 22.1 Å². The second-order valence-electron chi connectivity index (χ2n) is 14.7.